The standard InChI is InChI=1S/C21H36O3/c1-15(13-19(23)24-5)7-9-17-16(14-22)8-10-18-20(2,3)11-6-12-21(17,18)4/h8,15,17-18,22H,6-7,9-14H2,1-5H3. The molecule has 1 fully saturated rings. The van der Waals surface area contributed by atoms with Gasteiger partial charge in [0, 0.05) is 6.42 Å². The van der Waals surface area contributed by atoms with E-state index < -0.39 is 0 Å². The monoisotopic (exact) mass is 336 g/mol. The van der Waals surface area contributed by atoms with Gasteiger partial charge < -0.3 is 9.84 Å². The van der Waals surface area contributed by atoms with Crippen molar-refractivity contribution in [3.8, 4) is 0 Å². The van der Waals surface area contributed by atoms with Gasteiger partial charge in [-0.1, -0.05) is 40.2 Å². The largest absolute Gasteiger partial charge is 0.469 e. The van der Waals surface area contributed by atoms with Crippen molar-refractivity contribution >= 4 is 5.97 Å². The van der Waals surface area contributed by atoms with Crippen LogP contribution in [0.2, 0.25) is 0 Å². The van der Waals surface area contributed by atoms with Gasteiger partial charge in [0.25, 0.3) is 0 Å². The number of hydrogen-bond donors (Lipinski definition) is 1. The molecule has 0 aromatic heterocycles. The van der Waals surface area contributed by atoms with Gasteiger partial charge >= 0.3 is 5.97 Å². The molecule has 0 bridgehead atoms. The number of hydrogen-bond acceptors (Lipinski definition) is 3. The fourth-order valence-corrected chi connectivity index (χ4v) is 5.62. The lowest BCUT2D eigenvalue weighted by atomic mass is 9.48. The minimum Gasteiger partial charge on any atom is -0.469 e. The highest BCUT2D eigenvalue weighted by Gasteiger charge is 2.52. The van der Waals surface area contributed by atoms with Gasteiger partial charge in [0.15, 0.2) is 0 Å². The van der Waals surface area contributed by atoms with E-state index in [0.717, 1.165) is 19.3 Å². The van der Waals surface area contributed by atoms with E-state index in [-0.39, 0.29) is 18.0 Å². The van der Waals surface area contributed by atoms with Gasteiger partial charge in [-0.2, -0.15) is 0 Å². The smallest absolute Gasteiger partial charge is 0.305 e. The number of rotatable bonds is 6. The molecule has 4 unspecified atom stereocenters. The minimum atomic E-state index is -0.119. The summed E-state index contributed by atoms with van der Waals surface area (Å²) < 4.78 is 4.80. The lowest BCUT2D eigenvalue weighted by Crippen LogP contribution is -2.49. The molecule has 1 N–H and O–H groups in total. The molecule has 0 heterocycles. The fraction of sp³-hybridized carbons (Fsp3) is 0.857. The molecule has 3 nitrogen and oxygen atoms in total. The number of methoxy groups -OCH3 is 1. The molecule has 3 heteroatoms. The second-order valence-electron chi connectivity index (χ2n) is 9.09. The van der Waals surface area contributed by atoms with Crippen molar-refractivity contribution in [1.29, 1.82) is 0 Å². The summed E-state index contributed by atoms with van der Waals surface area (Å²) in [5.41, 5.74) is 1.89. The molecule has 2 aliphatic carbocycles. The summed E-state index contributed by atoms with van der Waals surface area (Å²) >= 11 is 0. The number of aliphatic hydroxyl groups excluding tert-OH is 1. The summed E-state index contributed by atoms with van der Waals surface area (Å²) in [5, 5.41) is 9.90. The van der Waals surface area contributed by atoms with Crippen LogP contribution in [0.4, 0.5) is 0 Å². The number of fused-ring (bicyclic) bond motifs is 1. The molecule has 0 radical (unpaired) electrons. The Morgan fingerprint density at radius 1 is 1.38 bits per heavy atom. The summed E-state index contributed by atoms with van der Waals surface area (Å²) in [4.78, 5) is 11.5. The highest BCUT2D eigenvalue weighted by atomic mass is 16.5. The molecule has 2 aliphatic rings. The summed E-state index contributed by atoms with van der Waals surface area (Å²) in [5.74, 6) is 1.35. The molecule has 0 spiro atoms. The van der Waals surface area contributed by atoms with Crippen molar-refractivity contribution in [3.05, 3.63) is 11.6 Å². The molecule has 0 aromatic rings. The number of carbonyl (C=O) groups excluding carboxylic acids is 1. The number of ether oxygens (including phenoxy) is 1. The maximum Gasteiger partial charge on any atom is 0.305 e. The zero-order chi connectivity index (χ0) is 18.0. The Balaban J connectivity index is 2.14. The predicted octanol–water partition coefficient (Wildman–Crippen LogP) is 4.74. The van der Waals surface area contributed by atoms with Gasteiger partial charge in [-0.25, -0.2) is 0 Å². The minimum absolute atomic E-state index is 0.119. The number of carbonyl (C=O) groups is 1. The van der Waals surface area contributed by atoms with Gasteiger partial charge in [0.05, 0.1) is 13.7 Å². The quantitative estimate of drug-likeness (QED) is 0.563. The van der Waals surface area contributed by atoms with Crippen molar-refractivity contribution in [2.24, 2.45) is 28.6 Å². The highest BCUT2D eigenvalue weighted by Crippen LogP contribution is 2.60. The Labute approximate surface area is 147 Å². The first-order valence-electron chi connectivity index (χ1n) is 9.61. The third kappa shape index (κ3) is 3.87. The lowest BCUT2D eigenvalue weighted by molar-refractivity contribution is -0.141. The Bertz CT molecular complexity index is 479. The van der Waals surface area contributed by atoms with Gasteiger partial charge in [-0.15, -0.1) is 0 Å². The second-order valence-corrected chi connectivity index (χ2v) is 9.09. The molecular weight excluding hydrogens is 300 g/mol. The van der Waals surface area contributed by atoms with Crippen molar-refractivity contribution in [3.63, 3.8) is 0 Å². The summed E-state index contributed by atoms with van der Waals surface area (Å²) in [6.07, 6.45) is 9.84. The fourth-order valence-electron chi connectivity index (χ4n) is 5.62. The first-order chi connectivity index (χ1) is 11.2. The van der Waals surface area contributed by atoms with Crippen LogP contribution in [0.25, 0.3) is 0 Å². The zero-order valence-electron chi connectivity index (χ0n) is 16.2. The molecule has 0 saturated heterocycles. The van der Waals surface area contributed by atoms with Crippen molar-refractivity contribution in [2.75, 3.05) is 13.7 Å². The van der Waals surface area contributed by atoms with E-state index in [1.807, 2.05) is 0 Å². The second kappa shape index (κ2) is 7.59. The van der Waals surface area contributed by atoms with Gasteiger partial charge in [0.2, 0.25) is 0 Å². The molecule has 138 valence electrons. The molecule has 0 aromatic carbocycles. The molecular formula is C21H36O3. The highest BCUT2D eigenvalue weighted by molar-refractivity contribution is 5.69. The summed E-state index contributed by atoms with van der Waals surface area (Å²) in [7, 11) is 1.46. The topological polar surface area (TPSA) is 46.5 Å². The van der Waals surface area contributed by atoms with E-state index >= 15 is 0 Å². The molecule has 24 heavy (non-hydrogen) atoms. The molecule has 4 atom stereocenters. The normalized spacial score (nSPS) is 33.3. The molecule has 2 rings (SSSR count). The van der Waals surface area contributed by atoms with Gasteiger partial charge in [-0.05, 0) is 66.3 Å². The summed E-state index contributed by atoms with van der Waals surface area (Å²) in [6, 6.07) is 0. The van der Waals surface area contributed by atoms with Crippen LogP contribution in [0.5, 0.6) is 0 Å². The van der Waals surface area contributed by atoms with Crippen LogP contribution in [-0.2, 0) is 9.53 Å². The van der Waals surface area contributed by atoms with E-state index in [1.54, 1.807) is 0 Å². The van der Waals surface area contributed by atoms with Crippen molar-refractivity contribution in [2.45, 2.75) is 72.6 Å². The van der Waals surface area contributed by atoms with E-state index in [0.29, 0.717) is 29.6 Å². The Morgan fingerprint density at radius 2 is 2.08 bits per heavy atom. The first kappa shape index (κ1) is 19.5. The van der Waals surface area contributed by atoms with E-state index in [4.69, 9.17) is 4.74 Å². The third-order valence-corrected chi connectivity index (χ3v) is 7.01. The number of esters is 1. The molecule has 0 aliphatic heterocycles. The first-order valence-corrected chi connectivity index (χ1v) is 9.61. The van der Waals surface area contributed by atoms with Gasteiger partial charge in [-0.3, -0.25) is 4.79 Å². The van der Waals surface area contributed by atoms with E-state index in [1.165, 1.54) is 31.9 Å². The van der Waals surface area contributed by atoms with Crippen LogP contribution in [-0.4, -0.2) is 24.8 Å². The van der Waals surface area contributed by atoms with Gasteiger partial charge in [0.1, 0.15) is 0 Å². The maximum absolute atomic E-state index is 11.5. The van der Waals surface area contributed by atoms with E-state index in [2.05, 4.69) is 33.8 Å². The SMILES string of the molecule is COC(=O)CC(C)CCC1C(CO)=CCC2C(C)(C)CCCC12C. The summed E-state index contributed by atoms with van der Waals surface area (Å²) in [6.45, 7) is 9.61. The van der Waals surface area contributed by atoms with Crippen LogP contribution in [0.3, 0.4) is 0 Å². The Hall–Kier alpha value is -0.830. The zero-order valence-corrected chi connectivity index (χ0v) is 16.2. The van der Waals surface area contributed by atoms with Crippen LogP contribution in [0, 0.1) is 28.6 Å². The predicted molar refractivity (Wildman–Crippen MR) is 97.5 cm³/mol. The van der Waals surface area contributed by atoms with Crippen LogP contribution < -0.4 is 0 Å². The number of allylic oxidation sites excluding steroid dienone is 1. The molecule has 1 saturated carbocycles. The lowest BCUT2D eigenvalue weighted by Gasteiger charge is -2.57. The Kier molecular flexibility index (Phi) is 6.17. The van der Waals surface area contributed by atoms with Crippen molar-refractivity contribution < 1.29 is 14.6 Å². The molecule has 0 amide bonds. The van der Waals surface area contributed by atoms with E-state index in [9.17, 15) is 9.90 Å². The van der Waals surface area contributed by atoms with Crippen LogP contribution in [0.15, 0.2) is 11.6 Å². The maximum atomic E-state index is 11.5. The third-order valence-electron chi connectivity index (χ3n) is 7.01. The van der Waals surface area contributed by atoms with Crippen molar-refractivity contribution in [1.82, 2.24) is 0 Å². The van der Waals surface area contributed by atoms with Crippen LogP contribution >= 0.6 is 0 Å². The average Bonchev–Trinajstić information content (AvgIpc) is 2.51. The Morgan fingerprint density at radius 3 is 2.71 bits per heavy atom. The number of aliphatic hydroxyl groups is 1. The average molecular weight is 337 g/mol. The van der Waals surface area contributed by atoms with Crippen LogP contribution in [0.1, 0.15) is 72.6 Å².